The Bertz CT molecular complexity index is 180. The van der Waals surface area contributed by atoms with Crippen molar-refractivity contribution in [3.05, 3.63) is 18.5 Å². The molecule has 0 bridgehead atoms. The Morgan fingerprint density at radius 1 is 1.64 bits per heavy atom. The first-order valence-electron chi connectivity index (χ1n) is 3.95. The minimum absolute atomic E-state index is 0.246. The number of hydrogen-bond donors (Lipinski definition) is 1. The number of aliphatic hydroxyl groups excluding tert-OH is 1. The predicted molar refractivity (Wildman–Crippen MR) is 43.1 cm³/mol. The smallest absolute Gasteiger partial charge is 0.0489 e. The van der Waals surface area contributed by atoms with E-state index in [0.29, 0.717) is 5.92 Å². The average molecular weight is 154 g/mol. The summed E-state index contributed by atoms with van der Waals surface area (Å²) in [6.07, 6.45) is 4.67. The van der Waals surface area contributed by atoms with E-state index in [1.807, 2.05) is 16.9 Å². The van der Waals surface area contributed by atoms with Gasteiger partial charge in [0.05, 0.1) is 0 Å². The third-order valence-corrected chi connectivity index (χ3v) is 1.84. The van der Waals surface area contributed by atoms with Crippen molar-refractivity contribution in [2.45, 2.75) is 19.9 Å². The third kappa shape index (κ3) is 2.35. The Hall–Kier alpha value is -0.830. The van der Waals surface area contributed by atoms with Gasteiger partial charge in [0.15, 0.2) is 0 Å². The van der Waals surface area contributed by atoms with Crippen molar-refractivity contribution in [2.75, 3.05) is 6.61 Å². The molecule has 0 aliphatic heterocycles. The predicted octanol–water partition coefficient (Wildman–Crippen LogP) is 0.902. The molecule has 0 radical (unpaired) electrons. The fraction of sp³-hybridized carbons (Fsp3) is 0.625. The van der Waals surface area contributed by atoms with Gasteiger partial charge in [-0.1, -0.05) is 6.92 Å². The normalized spacial score (nSPS) is 13.3. The summed E-state index contributed by atoms with van der Waals surface area (Å²) < 4.78 is 1.85. The van der Waals surface area contributed by atoms with Crippen LogP contribution in [0.1, 0.15) is 13.3 Å². The van der Waals surface area contributed by atoms with Crippen molar-refractivity contribution in [1.82, 2.24) is 9.78 Å². The zero-order chi connectivity index (χ0) is 8.10. The molecule has 1 heterocycles. The lowest BCUT2D eigenvalue weighted by atomic mass is 10.1. The van der Waals surface area contributed by atoms with Gasteiger partial charge >= 0.3 is 0 Å². The highest BCUT2D eigenvalue weighted by atomic mass is 16.3. The van der Waals surface area contributed by atoms with E-state index in [4.69, 9.17) is 5.11 Å². The van der Waals surface area contributed by atoms with Crippen LogP contribution in [0, 0.1) is 5.92 Å². The Kier molecular flexibility index (Phi) is 3.11. The number of nitrogens with zero attached hydrogens (tertiary/aromatic N) is 2. The van der Waals surface area contributed by atoms with Crippen molar-refractivity contribution < 1.29 is 5.11 Å². The van der Waals surface area contributed by atoms with Gasteiger partial charge in [0.25, 0.3) is 0 Å². The maximum atomic E-state index is 8.88. The Morgan fingerprint density at radius 2 is 2.45 bits per heavy atom. The van der Waals surface area contributed by atoms with Crippen LogP contribution in [-0.4, -0.2) is 21.5 Å². The van der Waals surface area contributed by atoms with Crippen LogP contribution in [0.2, 0.25) is 0 Å². The van der Waals surface area contributed by atoms with Crippen LogP contribution >= 0.6 is 0 Å². The van der Waals surface area contributed by atoms with E-state index >= 15 is 0 Å². The summed E-state index contributed by atoms with van der Waals surface area (Å²) in [5.41, 5.74) is 0. The topological polar surface area (TPSA) is 38.0 Å². The summed E-state index contributed by atoms with van der Waals surface area (Å²) >= 11 is 0. The molecule has 0 saturated carbocycles. The molecule has 0 aromatic carbocycles. The maximum Gasteiger partial charge on any atom is 0.0489 e. The van der Waals surface area contributed by atoms with Crippen LogP contribution in [0.25, 0.3) is 0 Å². The quantitative estimate of drug-likeness (QED) is 0.699. The highest BCUT2D eigenvalue weighted by Crippen LogP contribution is 2.03. The number of rotatable bonds is 4. The van der Waals surface area contributed by atoms with Crippen LogP contribution in [-0.2, 0) is 6.54 Å². The summed E-state index contributed by atoms with van der Waals surface area (Å²) in [7, 11) is 0. The summed E-state index contributed by atoms with van der Waals surface area (Å²) in [5.74, 6) is 0.342. The highest BCUT2D eigenvalue weighted by Gasteiger charge is 2.04. The number of aromatic nitrogens is 2. The molecule has 0 aliphatic carbocycles. The first-order chi connectivity index (χ1) is 5.36. The fourth-order valence-corrected chi connectivity index (χ4v) is 0.989. The maximum absolute atomic E-state index is 8.88. The van der Waals surface area contributed by atoms with E-state index < -0.39 is 0 Å². The van der Waals surface area contributed by atoms with Crippen LogP contribution in [0.15, 0.2) is 18.5 Å². The SMILES string of the molecule is CCC(CO)Cn1cccn1. The molecule has 1 N–H and O–H groups in total. The monoisotopic (exact) mass is 154 g/mol. The minimum atomic E-state index is 0.246. The molecule has 0 amide bonds. The molecule has 3 nitrogen and oxygen atoms in total. The largest absolute Gasteiger partial charge is 0.396 e. The summed E-state index contributed by atoms with van der Waals surface area (Å²) in [5, 5.41) is 12.9. The minimum Gasteiger partial charge on any atom is -0.396 e. The second-order valence-corrected chi connectivity index (χ2v) is 2.68. The molecular formula is C8H14N2O. The molecule has 0 fully saturated rings. The van der Waals surface area contributed by atoms with Crippen molar-refractivity contribution in [1.29, 1.82) is 0 Å². The molecule has 1 atom stereocenters. The van der Waals surface area contributed by atoms with E-state index in [2.05, 4.69) is 12.0 Å². The molecule has 1 rings (SSSR count). The third-order valence-electron chi connectivity index (χ3n) is 1.84. The van der Waals surface area contributed by atoms with Crippen LogP contribution < -0.4 is 0 Å². The molecule has 0 spiro atoms. The van der Waals surface area contributed by atoms with Crippen molar-refractivity contribution in [3.63, 3.8) is 0 Å². The van der Waals surface area contributed by atoms with Gasteiger partial charge in [0, 0.05) is 31.5 Å². The standard InChI is InChI=1S/C8H14N2O/c1-2-8(7-11)6-10-5-3-4-9-10/h3-5,8,11H,2,6-7H2,1H3. The Labute approximate surface area is 66.7 Å². The lowest BCUT2D eigenvalue weighted by Gasteiger charge is -2.10. The molecule has 1 aromatic rings. The average Bonchev–Trinajstić information content (AvgIpc) is 2.52. The van der Waals surface area contributed by atoms with E-state index in [-0.39, 0.29) is 6.61 Å². The highest BCUT2D eigenvalue weighted by molar-refractivity contribution is 4.78. The van der Waals surface area contributed by atoms with Crippen molar-refractivity contribution in [3.8, 4) is 0 Å². The first kappa shape index (κ1) is 8.27. The molecule has 1 unspecified atom stereocenters. The lowest BCUT2D eigenvalue weighted by molar-refractivity contribution is 0.203. The number of hydrogen-bond acceptors (Lipinski definition) is 2. The van der Waals surface area contributed by atoms with Gasteiger partial charge in [-0.3, -0.25) is 4.68 Å². The van der Waals surface area contributed by atoms with Gasteiger partial charge in [0.2, 0.25) is 0 Å². The molecule has 62 valence electrons. The summed E-state index contributed by atoms with van der Waals surface area (Å²) in [6, 6.07) is 1.89. The number of aliphatic hydroxyl groups is 1. The molecule has 11 heavy (non-hydrogen) atoms. The summed E-state index contributed by atoms with van der Waals surface area (Å²) in [4.78, 5) is 0. The van der Waals surface area contributed by atoms with Crippen LogP contribution in [0.3, 0.4) is 0 Å². The van der Waals surface area contributed by atoms with Gasteiger partial charge in [-0.2, -0.15) is 5.10 Å². The van der Waals surface area contributed by atoms with Gasteiger partial charge in [-0.25, -0.2) is 0 Å². The van der Waals surface area contributed by atoms with Crippen molar-refractivity contribution >= 4 is 0 Å². The van der Waals surface area contributed by atoms with Crippen LogP contribution in [0.4, 0.5) is 0 Å². The van der Waals surface area contributed by atoms with E-state index in [0.717, 1.165) is 13.0 Å². The van der Waals surface area contributed by atoms with E-state index in [9.17, 15) is 0 Å². The molecule has 0 saturated heterocycles. The molecular weight excluding hydrogens is 140 g/mol. The Morgan fingerprint density at radius 3 is 2.91 bits per heavy atom. The Balaban J connectivity index is 2.41. The van der Waals surface area contributed by atoms with Gasteiger partial charge < -0.3 is 5.11 Å². The molecule has 1 aromatic heterocycles. The van der Waals surface area contributed by atoms with Crippen LogP contribution in [0.5, 0.6) is 0 Å². The van der Waals surface area contributed by atoms with Gasteiger partial charge in [-0.05, 0) is 12.5 Å². The van der Waals surface area contributed by atoms with Gasteiger partial charge in [-0.15, -0.1) is 0 Å². The lowest BCUT2D eigenvalue weighted by Crippen LogP contribution is -2.13. The summed E-state index contributed by atoms with van der Waals surface area (Å²) in [6.45, 7) is 3.14. The second kappa shape index (κ2) is 4.13. The van der Waals surface area contributed by atoms with E-state index in [1.165, 1.54) is 0 Å². The first-order valence-corrected chi connectivity index (χ1v) is 3.95. The zero-order valence-corrected chi connectivity index (χ0v) is 6.77. The second-order valence-electron chi connectivity index (χ2n) is 2.68. The fourth-order valence-electron chi connectivity index (χ4n) is 0.989. The molecule has 0 aliphatic rings. The zero-order valence-electron chi connectivity index (χ0n) is 6.77. The van der Waals surface area contributed by atoms with Gasteiger partial charge in [0.1, 0.15) is 0 Å². The van der Waals surface area contributed by atoms with E-state index in [1.54, 1.807) is 6.20 Å². The van der Waals surface area contributed by atoms with Crippen molar-refractivity contribution in [2.24, 2.45) is 5.92 Å². The molecule has 3 heteroatoms.